The highest BCUT2D eigenvalue weighted by Crippen LogP contribution is 2.10. The number of hydrogen-bond acceptors (Lipinski definition) is 2. The highest BCUT2D eigenvalue weighted by molar-refractivity contribution is 5.36. The van der Waals surface area contributed by atoms with E-state index in [4.69, 9.17) is 0 Å². The highest BCUT2D eigenvalue weighted by atomic mass is 15.3. The molecule has 0 bridgehead atoms. The Morgan fingerprint density at radius 2 is 2.35 bits per heavy atom. The quantitative estimate of drug-likeness (QED) is 0.804. The normalized spacial score (nSPS) is 10.7. The fraction of sp³-hybridized carbons (Fsp3) is 0.462. The topological polar surface area (TPSA) is 45.6 Å². The van der Waals surface area contributed by atoms with Crippen LogP contribution in [0.2, 0.25) is 0 Å². The van der Waals surface area contributed by atoms with Crippen LogP contribution in [0, 0.1) is 6.92 Å². The summed E-state index contributed by atoms with van der Waals surface area (Å²) in [4.78, 5) is 3.17. The second kappa shape index (κ2) is 5.57. The molecule has 17 heavy (non-hydrogen) atoms. The van der Waals surface area contributed by atoms with E-state index in [0.717, 1.165) is 18.9 Å². The molecule has 0 atom stereocenters. The van der Waals surface area contributed by atoms with Crippen molar-refractivity contribution in [2.24, 2.45) is 0 Å². The van der Waals surface area contributed by atoms with E-state index in [1.807, 2.05) is 12.3 Å². The van der Waals surface area contributed by atoms with Gasteiger partial charge in [0.25, 0.3) is 0 Å². The van der Waals surface area contributed by atoms with Gasteiger partial charge in [-0.25, -0.2) is 0 Å². The van der Waals surface area contributed by atoms with E-state index in [0.29, 0.717) is 0 Å². The van der Waals surface area contributed by atoms with E-state index in [9.17, 15) is 0 Å². The van der Waals surface area contributed by atoms with Crippen LogP contribution in [0.25, 0.3) is 0 Å². The Bertz CT molecular complexity index is 442. The maximum absolute atomic E-state index is 4.54. The predicted molar refractivity (Wildman–Crippen MR) is 70.0 cm³/mol. The lowest BCUT2D eigenvalue weighted by atomic mass is 10.3. The van der Waals surface area contributed by atoms with E-state index in [1.165, 1.54) is 24.2 Å². The Labute approximate surface area is 102 Å². The smallest absolute Gasteiger partial charge is 0.148 e. The summed E-state index contributed by atoms with van der Waals surface area (Å²) in [5, 5.41) is 7.86. The number of hydrogen-bond donors (Lipinski definition) is 2. The molecule has 0 aliphatic heterocycles. The summed E-state index contributed by atoms with van der Waals surface area (Å²) in [5.41, 5.74) is 2.39. The van der Waals surface area contributed by atoms with Gasteiger partial charge >= 0.3 is 0 Å². The number of aromatic nitrogens is 3. The average Bonchev–Trinajstić information content (AvgIpc) is 2.93. The monoisotopic (exact) mass is 232 g/mol. The molecule has 2 rings (SSSR count). The van der Waals surface area contributed by atoms with E-state index < -0.39 is 0 Å². The molecule has 0 aliphatic carbocycles. The fourth-order valence-corrected chi connectivity index (χ4v) is 1.79. The van der Waals surface area contributed by atoms with E-state index in [1.54, 1.807) is 0 Å². The minimum absolute atomic E-state index is 0.789. The Balaban J connectivity index is 1.92. The minimum atomic E-state index is 0.789. The zero-order valence-corrected chi connectivity index (χ0v) is 10.5. The zero-order valence-electron chi connectivity index (χ0n) is 10.5. The first kappa shape index (κ1) is 11.8. The minimum Gasteiger partial charge on any atom is -0.364 e. The summed E-state index contributed by atoms with van der Waals surface area (Å²) in [7, 11) is 0. The number of aryl methyl sites for hydroxylation is 2. The van der Waals surface area contributed by atoms with E-state index in [2.05, 4.69) is 46.1 Å². The third kappa shape index (κ3) is 3.12. The average molecular weight is 232 g/mol. The summed E-state index contributed by atoms with van der Waals surface area (Å²) in [5.74, 6) is 0.952. The van der Waals surface area contributed by atoms with Gasteiger partial charge in [0.1, 0.15) is 5.82 Å². The molecular formula is C13H20N4. The number of unbranched alkanes of at least 4 members (excludes halogenated alkanes) is 1. The predicted octanol–water partition coefficient (Wildman–Crippen LogP) is 2.93. The molecule has 0 spiro atoms. The van der Waals surface area contributed by atoms with Gasteiger partial charge < -0.3 is 10.3 Å². The molecule has 92 valence electrons. The van der Waals surface area contributed by atoms with Crippen molar-refractivity contribution in [2.45, 2.75) is 39.8 Å². The molecule has 0 aliphatic rings. The number of H-pyrrole nitrogens is 1. The molecule has 4 heteroatoms. The van der Waals surface area contributed by atoms with Gasteiger partial charge in [0.2, 0.25) is 0 Å². The largest absolute Gasteiger partial charge is 0.364 e. The lowest BCUT2D eigenvalue weighted by Crippen LogP contribution is -2.04. The van der Waals surface area contributed by atoms with Gasteiger partial charge in [-0.2, -0.15) is 5.10 Å². The zero-order chi connectivity index (χ0) is 12.1. The molecule has 0 aromatic carbocycles. The number of nitrogens with one attached hydrogen (secondary N) is 2. The number of aromatic amines is 1. The molecule has 4 nitrogen and oxygen atoms in total. The second-order valence-corrected chi connectivity index (χ2v) is 4.30. The Kier molecular flexibility index (Phi) is 3.85. The van der Waals surface area contributed by atoms with Crippen LogP contribution < -0.4 is 5.32 Å². The first-order valence-corrected chi connectivity index (χ1v) is 6.20. The van der Waals surface area contributed by atoms with Gasteiger partial charge in [0.15, 0.2) is 0 Å². The van der Waals surface area contributed by atoms with Crippen LogP contribution in [0.4, 0.5) is 5.82 Å². The third-order valence-corrected chi connectivity index (χ3v) is 2.83. The van der Waals surface area contributed by atoms with Gasteiger partial charge in [-0.3, -0.25) is 4.68 Å². The van der Waals surface area contributed by atoms with Crippen molar-refractivity contribution in [1.29, 1.82) is 0 Å². The van der Waals surface area contributed by atoms with E-state index in [-0.39, 0.29) is 0 Å². The molecule has 0 saturated heterocycles. The maximum Gasteiger partial charge on any atom is 0.148 e. The second-order valence-electron chi connectivity index (χ2n) is 4.30. The van der Waals surface area contributed by atoms with Crippen LogP contribution >= 0.6 is 0 Å². The first-order valence-electron chi connectivity index (χ1n) is 6.20. The Hall–Kier alpha value is -1.71. The van der Waals surface area contributed by atoms with Gasteiger partial charge in [0, 0.05) is 30.2 Å². The van der Waals surface area contributed by atoms with Gasteiger partial charge in [-0.05, 0) is 25.5 Å². The molecule has 0 fully saturated rings. The summed E-state index contributed by atoms with van der Waals surface area (Å²) < 4.78 is 2.07. The molecule has 2 heterocycles. The third-order valence-electron chi connectivity index (χ3n) is 2.83. The van der Waals surface area contributed by atoms with Crippen molar-refractivity contribution in [3.05, 3.63) is 35.8 Å². The summed E-state index contributed by atoms with van der Waals surface area (Å²) in [6, 6.07) is 6.16. The summed E-state index contributed by atoms with van der Waals surface area (Å²) >= 11 is 0. The van der Waals surface area contributed by atoms with Crippen LogP contribution in [0.1, 0.15) is 31.2 Å². The molecule has 0 unspecified atom stereocenters. The molecule has 2 aromatic heterocycles. The fourth-order valence-electron chi connectivity index (χ4n) is 1.79. The number of nitrogens with zero attached hydrogens (tertiary/aromatic N) is 2. The molecule has 2 aromatic rings. The van der Waals surface area contributed by atoms with Crippen LogP contribution in [0.3, 0.4) is 0 Å². The van der Waals surface area contributed by atoms with E-state index >= 15 is 0 Å². The van der Waals surface area contributed by atoms with Crippen LogP contribution in [0.15, 0.2) is 24.4 Å². The van der Waals surface area contributed by atoms with Crippen molar-refractivity contribution < 1.29 is 0 Å². The van der Waals surface area contributed by atoms with Gasteiger partial charge in [-0.15, -0.1) is 0 Å². The van der Waals surface area contributed by atoms with Crippen LogP contribution in [0.5, 0.6) is 0 Å². The molecule has 0 radical (unpaired) electrons. The van der Waals surface area contributed by atoms with Crippen molar-refractivity contribution in [1.82, 2.24) is 14.8 Å². The Morgan fingerprint density at radius 1 is 1.47 bits per heavy atom. The Morgan fingerprint density at radius 3 is 3.06 bits per heavy atom. The summed E-state index contributed by atoms with van der Waals surface area (Å²) in [6.07, 6.45) is 4.31. The summed E-state index contributed by atoms with van der Waals surface area (Å²) in [6.45, 7) is 6.09. The first-order chi connectivity index (χ1) is 8.29. The number of rotatable bonds is 6. The molecule has 2 N–H and O–H groups in total. The van der Waals surface area contributed by atoms with Crippen molar-refractivity contribution >= 4 is 5.82 Å². The maximum atomic E-state index is 4.54. The lowest BCUT2D eigenvalue weighted by molar-refractivity contribution is 0.560. The molecular weight excluding hydrogens is 212 g/mol. The van der Waals surface area contributed by atoms with Crippen molar-refractivity contribution in [3.63, 3.8) is 0 Å². The van der Waals surface area contributed by atoms with Crippen molar-refractivity contribution in [3.8, 4) is 0 Å². The molecule has 0 amide bonds. The number of anilines is 1. The van der Waals surface area contributed by atoms with Crippen LogP contribution in [-0.4, -0.2) is 14.8 Å². The van der Waals surface area contributed by atoms with Crippen LogP contribution in [-0.2, 0) is 13.1 Å². The SMILES string of the molecule is CCCCn1nc(NCc2ccc[nH]2)cc1C. The molecule has 0 saturated carbocycles. The van der Waals surface area contributed by atoms with Gasteiger partial charge in [-0.1, -0.05) is 13.3 Å². The van der Waals surface area contributed by atoms with Gasteiger partial charge in [0.05, 0.1) is 6.54 Å². The lowest BCUT2D eigenvalue weighted by Gasteiger charge is -2.02. The standard InChI is InChI=1S/C13H20N4/c1-3-4-8-17-11(2)9-13(16-17)15-10-12-6-5-7-14-12/h5-7,9,14H,3-4,8,10H2,1-2H3,(H,15,16). The van der Waals surface area contributed by atoms with Crippen molar-refractivity contribution in [2.75, 3.05) is 5.32 Å². The highest BCUT2D eigenvalue weighted by Gasteiger charge is 2.03.